The lowest BCUT2D eigenvalue weighted by molar-refractivity contribution is -0.129. The molecule has 0 spiro atoms. The zero-order valence-corrected chi connectivity index (χ0v) is 10.9. The summed E-state index contributed by atoms with van der Waals surface area (Å²) in [5, 5.41) is 0. The Bertz CT molecular complexity index is 441. The molecule has 102 valence electrons. The van der Waals surface area contributed by atoms with Gasteiger partial charge in [-0.05, 0) is 24.3 Å². The molecular formula is C14H18N2O3. The molecule has 0 heterocycles. The van der Waals surface area contributed by atoms with Gasteiger partial charge in [-0.15, -0.1) is 0 Å². The number of ether oxygens (including phenoxy) is 1. The second-order valence-corrected chi connectivity index (χ2v) is 4.95. The van der Waals surface area contributed by atoms with E-state index in [0.717, 1.165) is 18.4 Å². The van der Waals surface area contributed by atoms with Gasteiger partial charge in [-0.2, -0.15) is 0 Å². The number of carbonyl (C=O) groups is 2. The zero-order chi connectivity index (χ0) is 13.7. The monoisotopic (exact) mass is 262 g/mol. The molecule has 0 bridgehead atoms. The zero-order valence-electron chi connectivity index (χ0n) is 10.9. The Hall–Kier alpha value is -2.04. The predicted molar refractivity (Wildman–Crippen MR) is 69.8 cm³/mol. The minimum Gasteiger partial charge on any atom is -0.443 e. The van der Waals surface area contributed by atoms with Crippen molar-refractivity contribution in [2.75, 3.05) is 0 Å². The molecule has 1 saturated carbocycles. The van der Waals surface area contributed by atoms with Crippen LogP contribution in [-0.4, -0.2) is 12.0 Å². The van der Waals surface area contributed by atoms with Gasteiger partial charge in [0.05, 0.1) is 0 Å². The molecule has 0 unspecified atom stereocenters. The molecule has 2 amide bonds. The van der Waals surface area contributed by atoms with Crippen molar-refractivity contribution < 1.29 is 14.3 Å². The van der Waals surface area contributed by atoms with E-state index < -0.39 is 6.09 Å². The predicted octanol–water partition coefficient (Wildman–Crippen LogP) is 1.99. The summed E-state index contributed by atoms with van der Waals surface area (Å²) < 4.78 is 4.97. The molecule has 0 atom stereocenters. The van der Waals surface area contributed by atoms with Gasteiger partial charge in [0.1, 0.15) is 6.61 Å². The molecule has 1 fully saturated rings. The Labute approximate surface area is 112 Å². The summed E-state index contributed by atoms with van der Waals surface area (Å²) in [4.78, 5) is 22.9. The first-order valence-corrected chi connectivity index (χ1v) is 6.41. The SMILES string of the molecule is CC1CC(C(=O)NNC(=O)OCc2ccccc2)C1. The number of hydrazine groups is 1. The van der Waals surface area contributed by atoms with Gasteiger partial charge >= 0.3 is 6.09 Å². The maximum Gasteiger partial charge on any atom is 0.426 e. The number of hydrogen-bond acceptors (Lipinski definition) is 3. The van der Waals surface area contributed by atoms with E-state index in [1.807, 2.05) is 30.3 Å². The van der Waals surface area contributed by atoms with Crippen molar-refractivity contribution in [2.45, 2.75) is 26.4 Å². The first-order chi connectivity index (χ1) is 9.15. The molecule has 19 heavy (non-hydrogen) atoms. The highest BCUT2D eigenvalue weighted by atomic mass is 16.6. The van der Waals surface area contributed by atoms with E-state index in [9.17, 15) is 9.59 Å². The van der Waals surface area contributed by atoms with Crippen LogP contribution in [0.4, 0.5) is 4.79 Å². The summed E-state index contributed by atoms with van der Waals surface area (Å²) in [5.41, 5.74) is 5.53. The van der Waals surface area contributed by atoms with Crippen molar-refractivity contribution in [1.82, 2.24) is 10.9 Å². The Morgan fingerprint density at radius 1 is 1.21 bits per heavy atom. The van der Waals surface area contributed by atoms with Gasteiger partial charge in [0.25, 0.3) is 0 Å². The molecule has 0 aliphatic heterocycles. The highest BCUT2D eigenvalue weighted by molar-refractivity contribution is 5.81. The van der Waals surface area contributed by atoms with Gasteiger partial charge in [0, 0.05) is 5.92 Å². The van der Waals surface area contributed by atoms with Crippen LogP contribution in [0.3, 0.4) is 0 Å². The summed E-state index contributed by atoms with van der Waals surface area (Å²) in [6.45, 7) is 2.29. The first kappa shape index (κ1) is 13.4. The van der Waals surface area contributed by atoms with Crippen molar-refractivity contribution in [2.24, 2.45) is 11.8 Å². The summed E-state index contributed by atoms with van der Waals surface area (Å²) in [6, 6.07) is 9.36. The van der Waals surface area contributed by atoms with Crippen molar-refractivity contribution in [3.8, 4) is 0 Å². The Kier molecular flexibility index (Phi) is 4.39. The van der Waals surface area contributed by atoms with Gasteiger partial charge < -0.3 is 4.74 Å². The number of nitrogens with one attached hydrogen (secondary N) is 2. The van der Waals surface area contributed by atoms with Gasteiger partial charge in [-0.3, -0.25) is 10.2 Å². The van der Waals surface area contributed by atoms with Crippen LogP contribution in [-0.2, 0) is 16.1 Å². The van der Waals surface area contributed by atoms with Crippen LogP contribution in [0.25, 0.3) is 0 Å². The minimum absolute atomic E-state index is 0.0180. The highest BCUT2D eigenvalue weighted by Gasteiger charge is 2.31. The van der Waals surface area contributed by atoms with Gasteiger partial charge in [0.2, 0.25) is 5.91 Å². The number of amides is 2. The van der Waals surface area contributed by atoms with Gasteiger partial charge in [-0.1, -0.05) is 37.3 Å². The number of carbonyl (C=O) groups excluding carboxylic acids is 2. The van der Waals surface area contributed by atoms with Crippen LogP contribution in [0.2, 0.25) is 0 Å². The van der Waals surface area contributed by atoms with E-state index in [0.29, 0.717) is 5.92 Å². The third-order valence-corrected chi connectivity index (χ3v) is 3.25. The molecule has 5 nitrogen and oxygen atoms in total. The van der Waals surface area contributed by atoms with E-state index in [1.165, 1.54) is 0 Å². The quantitative estimate of drug-likeness (QED) is 0.819. The van der Waals surface area contributed by atoms with Crippen LogP contribution < -0.4 is 10.9 Å². The van der Waals surface area contributed by atoms with Crippen LogP contribution in [0.15, 0.2) is 30.3 Å². The minimum atomic E-state index is -0.649. The molecule has 2 N–H and O–H groups in total. The Balaban J connectivity index is 1.63. The van der Waals surface area contributed by atoms with E-state index >= 15 is 0 Å². The topological polar surface area (TPSA) is 67.4 Å². The maximum absolute atomic E-state index is 11.6. The van der Waals surface area contributed by atoms with Gasteiger partial charge in [0.15, 0.2) is 0 Å². The fourth-order valence-corrected chi connectivity index (χ4v) is 2.09. The molecule has 0 saturated heterocycles. The Morgan fingerprint density at radius 2 is 1.89 bits per heavy atom. The molecule has 0 aromatic heterocycles. The van der Waals surface area contributed by atoms with Gasteiger partial charge in [-0.25, -0.2) is 10.2 Å². The lowest BCUT2D eigenvalue weighted by Crippen LogP contribution is -2.47. The summed E-state index contributed by atoms with van der Waals surface area (Å²) in [5.74, 6) is 0.472. The summed E-state index contributed by atoms with van der Waals surface area (Å²) in [6.07, 6.45) is 1.11. The lowest BCUT2D eigenvalue weighted by atomic mass is 9.76. The van der Waals surface area contributed by atoms with Crippen LogP contribution in [0.5, 0.6) is 0 Å². The largest absolute Gasteiger partial charge is 0.443 e. The molecule has 5 heteroatoms. The van der Waals surface area contributed by atoms with Crippen molar-refractivity contribution in [3.05, 3.63) is 35.9 Å². The van der Waals surface area contributed by atoms with Crippen LogP contribution in [0.1, 0.15) is 25.3 Å². The molecule has 1 aromatic rings. The summed E-state index contributed by atoms with van der Waals surface area (Å²) in [7, 11) is 0. The molecule has 1 aliphatic carbocycles. The number of rotatable bonds is 3. The molecule has 0 radical (unpaired) electrons. The second-order valence-electron chi connectivity index (χ2n) is 4.95. The molecule has 1 aliphatic rings. The standard InChI is InChI=1S/C14H18N2O3/c1-10-7-12(8-10)13(17)15-16-14(18)19-9-11-5-3-2-4-6-11/h2-6,10,12H,7-9H2,1H3,(H,15,17)(H,16,18). The van der Waals surface area contributed by atoms with Crippen LogP contribution >= 0.6 is 0 Å². The molecular weight excluding hydrogens is 244 g/mol. The van der Waals surface area contributed by atoms with Crippen molar-refractivity contribution in [3.63, 3.8) is 0 Å². The van der Waals surface area contributed by atoms with E-state index in [-0.39, 0.29) is 18.4 Å². The number of hydrogen-bond donors (Lipinski definition) is 2. The summed E-state index contributed by atoms with van der Waals surface area (Å²) >= 11 is 0. The first-order valence-electron chi connectivity index (χ1n) is 6.41. The van der Waals surface area contributed by atoms with E-state index in [1.54, 1.807) is 0 Å². The third-order valence-electron chi connectivity index (χ3n) is 3.25. The maximum atomic E-state index is 11.6. The number of benzene rings is 1. The smallest absolute Gasteiger partial charge is 0.426 e. The van der Waals surface area contributed by atoms with Crippen molar-refractivity contribution >= 4 is 12.0 Å². The van der Waals surface area contributed by atoms with E-state index in [2.05, 4.69) is 17.8 Å². The van der Waals surface area contributed by atoms with Crippen LogP contribution in [0, 0.1) is 11.8 Å². The fraction of sp³-hybridized carbons (Fsp3) is 0.429. The Morgan fingerprint density at radius 3 is 2.53 bits per heavy atom. The fourth-order valence-electron chi connectivity index (χ4n) is 2.09. The second kappa shape index (κ2) is 6.22. The third kappa shape index (κ3) is 3.98. The van der Waals surface area contributed by atoms with E-state index in [4.69, 9.17) is 4.74 Å². The van der Waals surface area contributed by atoms with Crippen molar-refractivity contribution in [1.29, 1.82) is 0 Å². The average Bonchev–Trinajstić information content (AvgIpc) is 2.40. The average molecular weight is 262 g/mol. The molecule has 1 aromatic carbocycles. The highest BCUT2D eigenvalue weighted by Crippen LogP contribution is 2.32. The molecule has 2 rings (SSSR count). The normalized spacial score (nSPS) is 21.1. The lowest BCUT2D eigenvalue weighted by Gasteiger charge is -2.31.